The molecular weight excluding hydrogens is 242 g/mol. The second kappa shape index (κ2) is 4.15. The smallest absolute Gasteiger partial charge is 0.241 e. The average Bonchev–Trinajstić information content (AvgIpc) is 3.00. The molecule has 6 nitrogen and oxygen atoms in total. The van der Waals surface area contributed by atoms with Gasteiger partial charge in [-0.15, -0.1) is 0 Å². The number of aromatic nitrogens is 1. The van der Waals surface area contributed by atoms with Crippen LogP contribution < -0.4 is 14.8 Å². The van der Waals surface area contributed by atoms with Crippen LogP contribution in [0.3, 0.4) is 0 Å². The van der Waals surface area contributed by atoms with Gasteiger partial charge in [-0.1, -0.05) is 0 Å². The van der Waals surface area contributed by atoms with Gasteiger partial charge in [-0.05, 0) is 12.8 Å². The van der Waals surface area contributed by atoms with Gasteiger partial charge in [0.05, 0.1) is 12.3 Å². The summed E-state index contributed by atoms with van der Waals surface area (Å²) in [6.07, 6.45) is 3.71. The molecule has 7 heteroatoms. The molecule has 1 aliphatic carbocycles. The molecule has 17 heavy (non-hydrogen) atoms. The van der Waals surface area contributed by atoms with Crippen molar-refractivity contribution in [3.05, 3.63) is 12.3 Å². The Labute approximate surface area is 100 Å². The van der Waals surface area contributed by atoms with E-state index in [1.807, 2.05) is 0 Å². The molecule has 1 aromatic rings. The lowest BCUT2D eigenvalue weighted by Crippen LogP contribution is -2.20. The van der Waals surface area contributed by atoms with Gasteiger partial charge in [0, 0.05) is 20.2 Å². The van der Waals surface area contributed by atoms with Gasteiger partial charge in [-0.25, -0.2) is 18.5 Å². The predicted octanol–water partition coefficient (Wildman–Crippen LogP) is 0.336. The van der Waals surface area contributed by atoms with Crippen LogP contribution >= 0.6 is 0 Å². The monoisotopic (exact) mass is 257 g/mol. The molecule has 0 unspecified atom stereocenters. The average molecular weight is 257 g/mol. The van der Waals surface area contributed by atoms with Crippen molar-refractivity contribution in [2.45, 2.75) is 23.8 Å². The number of nitrogens with zero attached hydrogens (tertiary/aromatic N) is 2. The number of nitrogens with two attached hydrogens (primary N) is 1. The number of hydrogen-bond donors (Lipinski definition) is 1. The van der Waals surface area contributed by atoms with Crippen molar-refractivity contribution < 1.29 is 13.2 Å². The fourth-order valence-corrected chi connectivity index (χ4v) is 2.18. The SMILES string of the molecule is CN(C)c1ncc(OC2CC2)cc1S(N)(=O)=O. The minimum Gasteiger partial charge on any atom is -0.489 e. The number of pyridine rings is 1. The van der Waals surface area contributed by atoms with Gasteiger partial charge in [0.25, 0.3) is 0 Å². The summed E-state index contributed by atoms with van der Waals surface area (Å²) in [5, 5.41) is 5.16. The van der Waals surface area contributed by atoms with Crippen LogP contribution in [0.15, 0.2) is 17.2 Å². The van der Waals surface area contributed by atoms with Gasteiger partial charge in [-0.3, -0.25) is 0 Å². The van der Waals surface area contributed by atoms with E-state index in [0.717, 1.165) is 12.8 Å². The number of hydrogen-bond acceptors (Lipinski definition) is 5. The molecule has 0 radical (unpaired) electrons. The fraction of sp³-hybridized carbons (Fsp3) is 0.500. The molecule has 0 aliphatic heterocycles. The number of primary sulfonamides is 1. The zero-order valence-electron chi connectivity index (χ0n) is 9.75. The van der Waals surface area contributed by atoms with E-state index < -0.39 is 10.0 Å². The molecule has 1 aromatic heterocycles. The van der Waals surface area contributed by atoms with E-state index in [1.165, 1.54) is 12.3 Å². The topological polar surface area (TPSA) is 85.5 Å². The first-order valence-electron chi connectivity index (χ1n) is 5.25. The maximum Gasteiger partial charge on any atom is 0.241 e. The van der Waals surface area contributed by atoms with Crippen LogP contribution in [0.1, 0.15) is 12.8 Å². The summed E-state index contributed by atoms with van der Waals surface area (Å²) in [7, 11) is -0.387. The number of anilines is 1. The molecule has 0 bridgehead atoms. The summed E-state index contributed by atoms with van der Waals surface area (Å²) in [6, 6.07) is 1.43. The van der Waals surface area contributed by atoms with Crippen LogP contribution in [0.2, 0.25) is 0 Å². The molecule has 0 amide bonds. The Morgan fingerprint density at radius 1 is 1.47 bits per heavy atom. The lowest BCUT2D eigenvalue weighted by atomic mass is 10.4. The minimum absolute atomic E-state index is 0.0133. The number of ether oxygens (including phenoxy) is 1. The van der Waals surface area contributed by atoms with E-state index >= 15 is 0 Å². The largest absolute Gasteiger partial charge is 0.489 e. The van der Waals surface area contributed by atoms with Crippen LogP contribution in [0.5, 0.6) is 5.75 Å². The van der Waals surface area contributed by atoms with E-state index in [0.29, 0.717) is 11.6 Å². The van der Waals surface area contributed by atoms with E-state index in [4.69, 9.17) is 9.88 Å². The van der Waals surface area contributed by atoms with Gasteiger partial charge in [0.1, 0.15) is 16.5 Å². The number of sulfonamides is 1. The van der Waals surface area contributed by atoms with Crippen LogP contribution in [-0.2, 0) is 10.0 Å². The first-order valence-corrected chi connectivity index (χ1v) is 6.79. The zero-order valence-corrected chi connectivity index (χ0v) is 10.6. The first-order chi connectivity index (χ1) is 7.88. The van der Waals surface area contributed by atoms with Crippen molar-refractivity contribution in [1.82, 2.24) is 4.98 Å². The van der Waals surface area contributed by atoms with Crippen molar-refractivity contribution in [1.29, 1.82) is 0 Å². The highest BCUT2D eigenvalue weighted by atomic mass is 32.2. The Morgan fingerprint density at radius 2 is 2.12 bits per heavy atom. The third-order valence-corrected chi connectivity index (χ3v) is 3.28. The summed E-state index contributed by atoms with van der Waals surface area (Å²) in [5.74, 6) is 0.762. The van der Waals surface area contributed by atoms with E-state index in [2.05, 4.69) is 4.98 Å². The Bertz CT molecular complexity index is 524. The molecule has 1 fully saturated rings. The Kier molecular flexibility index (Phi) is 2.96. The Hall–Kier alpha value is -1.34. The molecule has 0 atom stereocenters. The van der Waals surface area contributed by atoms with Crippen molar-refractivity contribution in [2.24, 2.45) is 5.14 Å². The lowest BCUT2D eigenvalue weighted by Gasteiger charge is -2.15. The highest BCUT2D eigenvalue weighted by Crippen LogP contribution is 2.30. The lowest BCUT2D eigenvalue weighted by molar-refractivity contribution is 0.301. The molecule has 1 saturated carbocycles. The number of rotatable bonds is 4. The quantitative estimate of drug-likeness (QED) is 0.840. The molecule has 1 aliphatic rings. The van der Waals surface area contributed by atoms with Gasteiger partial charge >= 0.3 is 0 Å². The molecule has 1 heterocycles. The van der Waals surface area contributed by atoms with Crippen molar-refractivity contribution in [3.8, 4) is 5.75 Å². The predicted molar refractivity (Wildman–Crippen MR) is 63.6 cm³/mol. The molecular formula is C10H15N3O3S. The third-order valence-electron chi connectivity index (χ3n) is 2.37. The second-order valence-electron chi connectivity index (χ2n) is 4.25. The van der Waals surface area contributed by atoms with E-state index in [9.17, 15) is 8.42 Å². The van der Waals surface area contributed by atoms with E-state index in [-0.39, 0.29) is 11.0 Å². The fourth-order valence-electron chi connectivity index (χ4n) is 1.41. The van der Waals surface area contributed by atoms with Gasteiger partial charge < -0.3 is 9.64 Å². The summed E-state index contributed by atoms with van der Waals surface area (Å²) in [5.41, 5.74) is 0. The van der Waals surface area contributed by atoms with E-state index in [1.54, 1.807) is 19.0 Å². The molecule has 0 aromatic carbocycles. The molecule has 94 valence electrons. The maximum atomic E-state index is 11.5. The molecule has 0 saturated heterocycles. The highest BCUT2D eigenvalue weighted by Gasteiger charge is 2.25. The first kappa shape index (κ1) is 12.1. The summed E-state index contributed by atoms with van der Waals surface area (Å²) in [4.78, 5) is 5.65. The Morgan fingerprint density at radius 3 is 2.59 bits per heavy atom. The third kappa shape index (κ3) is 2.86. The van der Waals surface area contributed by atoms with Crippen molar-refractivity contribution in [3.63, 3.8) is 0 Å². The van der Waals surface area contributed by atoms with Crippen LogP contribution in [0, 0.1) is 0 Å². The van der Waals surface area contributed by atoms with Gasteiger partial charge in [-0.2, -0.15) is 0 Å². The summed E-state index contributed by atoms with van der Waals surface area (Å²) >= 11 is 0. The van der Waals surface area contributed by atoms with Crippen LogP contribution in [0.4, 0.5) is 5.82 Å². The molecule has 2 N–H and O–H groups in total. The molecule has 2 rings (SSSR count). The van der Waals surface area contributed by atoms with Gasteiger partial charge in [0.15, 0.2) is 0 Å². The van der Waals surface area contributed by atoms with Crippen LogP contribution in [0.25, 0.3) is 0 Å². The van der Waals surface area contributed by atoms with Gasteiger partial charge in [0.2, 0.25) is 10.0 Å². The van der Waals surface area contributed by atoms with Crippen LogP contribution in [-0.4, -0.2) is 33.6 Å². The zero-order chi connectivity index (χ0) is 12.6. The minimum atomic E-state index is -3.80. The van der Waals surface area contributed by atoms with Crippen molar-refractivity contribution in [2.75, 3.05) is 19.0 Å². The second-order valence-corrected chi connectivity index (χ2v) is 5.78. The normalized spacial score (nSPS) is 15.7. The summed E-state index contributed by atoms with van der Waals surface area (Å²) in [6.45, 7) is 0. The Balaban J connectivity index is 2.41. The molecule has 0 spiro atoms. The maximum absolute atomic E-state index is 11.5. The van der Waals surface area contributed by atoms with Crippen molar-refractivity contribution >= 4 is 15.8 Å². The highest BCUT2D eigenvalue weighted by molar-refractivity contribution is 7.89. The summed E-state index contributed by atoms with van der Waals surface area (Å²) < 4.78 is 28.4. The standard InChI is InChI=1S/C10H15N3O3S/c1-13(2)10-9(17(11,14)15)5-8(6-12-10)16-7-3-4-7/h5-7H,3-4H2,1-2H3,(H2,11,14,15).